The molecule has 1 saturated heterocycles. The van der Waals surface area contributed by atoms with Crippen LogP contribution in [0.2, 0.25) is 0 Å². The van der Waals surface area contributed by atoms with Crippen LogP contribution in [-0.4, -0.2) is 6.10 Å². The highest BCUT2D eigenvalue weighted by molar-refractivity contribution is 5.64. The standard InChI is InChI=1S/C26H23F5O2/c1-2-3-20-12-13-24(32-20)18-6-4-16(5-7-18)17-8-10-19(11-9-17)26(30,31)33-21-14-22(27)25(29)23(28)15-21/h4-11,14-15,20,24H,2-3,12-13H2,1H3. The molecule has 2 nitrogen and oxygen atoms in total. The van der Waals surface area contributed by atoms with Gasteiger partial charge in [0.25, 0.3) is 0 Å². The van der Waals surface area contributed by atoms with E-state index < -0.39 is 34.9 Å². The Morgan fingerprint density at radius 1 is 0.879 bits per heavy atom. The molecular weight excluding hydrogens is 439 g/mol. The summed E-state index contributed by atoms with van der Waals surface area (Å²) in [5, 5.41) is 0. The van der Waals surface area contributed by atoms with Gasteiger partial charge in [0.05, 0.1) is 17.8 Å². The summed E-state index contributed by atoms with van der Waals surface area (Å²) in [6.45, 7) is 2.14. The fraction of sp³-hybridized carbons (Fsp3) is 0.308. The molecular formula is C26H23F5O2. The molecule has 2 atom stereocenters. The molecule has 0 bridgehead atoms. The maximum atomic E-state index is 14.5. The van der Waals surface area contributed by atoms with E-state index in [2.05, 4.69) is 11.7 Å². The van der Waals surface area contributed by atoms with Crippen LogP contribution in [0.1, 0.15) is 49.8 Å². The minimum Gasteiger partial charge on any atom is -0.429 e. The lowest BCUT2D eigenvalue weighted by Crippen LogP contribution is -2.22. The van der Waals surface area contributed by atoms with Crippen LogP contribution < -0.4 is 4.74 Å². The number of ether oxygens (including phenoxy) is 2. The van der Waals surface area contributed by atoms with Crippen molar-refractivity contribution in [2.75, 3.05) is 0 Å². The Hall–Kier alpha value is -2.93. The van der Waals surface area contributed by atoms with Crippen LogP contribution in [0, 0.1) is 17.5 Å². The minimum absolute atomic E-state index is 0.0787. The fourth-order valence-corrected chi connectivity index (χ4v) is 4.03. The van der Waals surface area contributed by atoms with Gasteiger partial charge in [0.1, 0.15) is 5.75 Å². The summed E-state index contributed by atoms with van der Waals surface area (Å²) in [7, 11) is 0. The molecule has 174 valence electrons. The lowest BCUT2D eigenvalue weighted by molar-refractivity contribution is -0.185. The molecule has 33 heavy (non-hydrogen) atoms. The molecule has 0 N–H and O–H groups in total. The predicted octanol–water partition coefficient (Wildman–Crippen LogP) is 7.92. The van der Waals surface area contributed by atoms with Crippen molar-refractivity contribution < 1.29 is 31.4 Å². The van der Waals surface area contributed by atoms with Gasteiger partial charge in [0.2, 0.25) is 0 Å². The monoisotopic (exact) mass is 462 g/mol. The first-order valence-electron chi connectivity index (χ1n) is 10.8. The van der Waals surface area contributed by atoms with Crippen molar-refractivity contribution in [3.05, 3.63) is 89.2 Å². The zero-order chi connectivity index (χ0) is 23.6. The summed E-state index contributed by atoms with van der Waals surface area (Å²) in [5.41, 5.74) is 2.15. The van der Waals surface area contributed by atoms with Gasteiger partial charge in [0, 0.05) is 12.1 Å². The zero-order valence-corrected chi connectivity index (χ0v) is 18.0. The van der Waals surface area contributed by atoms with E-state index in [4.69, 9.17) is 4.74 Å². The van der Waals surface area contributed by atoms with Gasteiger partial charge in [0.15, 0.2) is 17.5 Å². The smallest absolute Gasteiger partial charge is 0.426 e. The van der Waals surface area contributed by atoms with Crippen molar-refractivity contribution in [1.29, 1.82) is 0 Å². The molecule has 1 aliphatic rings. The van der Waals surface area contributed by atoms with Gasteiger partial charge in [-0.2, -0.15) is 8.78 Å². The van der Waals surface area contributed by atoms with Crippen LogP contribution in [-0.2, 0) is 10.8 Å². The molecule has 0 spiro atoms. The minimum atomic E-state index is -3.87. The second kappa shape index (κ2) is 9.51. The lowest BCUT2D eigenvalue weighted by Gasteiger charge is -2.19. The molecule has 0 aliphatic carbocycles. The van der Waals surface area contributed by atoms with Crippen molar-refractivity contribution >= 4 is 0 Å². The van der Waals surface area contributed by atoms with Gasteiger partial charge < -0.3 is 9.47 Å². The van der Waals surface area contributed by atoms with E-state index in [9.17, 15) is 22.0 Å². The number of hydrogen-bond acceptors (Lipinski definition) is 2. The molecule has 1 fully saturated rings. The lowest BCUT2D eigenvalue weighted by atomic mass is 9.99. The van der Waals surface area contributed by atoms with Gasteiger partial charge in [-0.05, 0) is 48.1 Å². The van der Waals surface area contributed by atoms with E-state index >= 15 is 0 Å². The molecule has 0 radical (unpaired) electrons. The van der Waals surface area contributed by atoms with E-state index in [1.165, 1.54) is 24.3 Å². The van der Waals surface area contributed by atoms with Crippen molar-refractivity contribution in [3.63, 3.8) is 0 Å². The Kier molecular flexibility index (Phi) is 6.70. The molecule has 1 aliphatic heterocycles. The molecule has 3 aromatic rings. The van der Waals surface area contributed by atoms with Crippen molar-refractivity contribution in [2.45, 2.75) is 50.9 Å². The van der Waals surface area contributed by atoms with E-state index in [-0.39, 0.29) is 6.10 Å². The van der Waals surface area contributed by atoms with Gasteiger partial charge in [-0.15, -0.1) is 0 Å². The third-order valence-corrected chi connectivity index (χ3v) is 5.76. The summed E-state index contributed by atoms with van der Waals surface area (Å²) in [4.78, 5) is 0. The molecule has 3 aromatic carbocycles. The largest absolute Gasteiger partial charge is 0.429 e. The Labute approximate surface area is 189 Å². The van der Waals surface area contributed by atoms with Crippen molar-refractivity contribution in [1.82, 2.24) is 0 Å². The summed E-state index contributed by atoms with van der Waals surface area (Å²) in [5.74, 6) is -5.78. The number of rotatable bonds is 7. The maximum Gasteiger partial charge on any atom is 0.426 e. The number of halogens is 5. The summed E-state index contributed by atoms with van der Waals surface area (Å²) in [6.07, 6.45) is 0.696. The highest BCUT2D eigenvalue weighted by atomic mass is 19.3. The first-order valence-corrected chi connectivity index (χ1v) is 10.8. The second-order valence-electron chi connectivity index (χ2n) is 8.13. The van der Waals surface area contributed by atoms with Crippen LogP contribution in [0.5, 0.6) is 5.75 Å². The van der Waals surface area contributed by atoms with Crippen LogP contribution in [0.25, 0.3) is 11.1 Å². The van der Waals surface area contributed by atoms with Gasteiger partial charge >= 0.3 is 6.11 Å². The quantitative estimate of drug-likeness (QED) is 0.262. The van der Waals surface area contributed by atoms with Gasteiger partial charge in [-0.3, -0.25) is 0 Å². The molecule has 4 rings (SSSR count). The Morgan fingerprint density at radius 3 is 2.03 bits per heavy atom. The van der Waals surface area contributed by atoms with Crippen LogP contribution in [0.15, 0.2) is 60.7 Å². The zero-order valence-electron chi connectivity index (χ0n) is 18.0. The van der Waals surface area contributed by atoms with Crippen LogP contribution in [0.3, 0.4) is 0 Å². The summed E-state index contributed by atoms with van der Waals surface area (Å²) < 4.78 is 79.1. The van der Waals surface area contributed by atoms with Crippen LogP contribution >= 0.6 is 0 Å². The van der Waals surface area contributed by atoms with Crippen molar-refractivity contribution in [3.8, 4) is 16.9 Å². The van der Waals surface area contributed by atoms with E-state index in [0.29, 0.717) is 18.2 Å². The van der Waals surface area contributed by atoms with E-state index in [1.54, 1.807) is 0 Å². The predicted molar refractivity (Wildman–Crippen MR) is 114 cm³/mol. The van der Waals surface area contributed by atoms with Crippen molar-refractivity contribution in [2.24, 2.45) is 0 Å². The number of alkyl halides is 2. The second-order valence-corrected chi connectivity index (χ2v) is 8.13. The third kappa shape index (κ3) is 5.19. The highest BCUT2D eigenvalue weighted by Crippen LogP contribution is 2.36. The highest BCUT2D eigenvalue weighted by Gasteiger charge is 2.35. The average molecular weight is 462 g/mol. The summed E-state index contributed by atoms with van der Waals surface area (Å²) >= 11 is 0. The molecule has 1 heterocycles. The number of hydrogen-bond donors (Lipinski definition) is 0. The van der Waals surface area contributed by atoms with E-state index in [1.807, 2.05) is 24.3 Å². The fourth-order valence-electron chi connectivity index (χ4n) is 4.03. The molecule has 0 aromatic heterocycles. The number of benzene rings is 3. The first kappa shape index (κ1) is 23.2. The Bertz CT molecular complexity index is 1070. The van der Waals surface area contributed by atoms with Gasteiger partial charge in [-0.25, -0.2) is 13.2 Å². The maximum absolute atomic E-state index is 14.5. The molecule has 2 unspecified atom stereocenters. The topological polar surface area (TPSA) is 18.5 Å². The normalized spacial score (nSPS) is 18.5. The average Bonchev–Trinajstić information content (AvgIpc) is 3.26. The molecule has 7 heteroatoms. The molecule has 0 amide bonds. The van der Waals surface area contributed by atoms with Gasteiger partial charge in [-0.1, -0.05) is 49.7 Å². The SMILES string of the molecule is CCCC1CCC(c2ccc(-c3ccc(C(F)(F)Oc4cc(F)c(F)c(F)c4)cc3)cc2)O1. The van der Waals surface area contributed by atoms with E-state index in [0.717, 1.165) is 42.4 Å². The van der Waals surface area contributed by atoms with Crippen LogP contribution in [0.4, 0.5) is 22.0 Å². The first-order chi connectivity index (χ1) is 15.8. The Balaban J connectivity index is 1.45. The molecule has 0 saturated carbocycles. The Morgan fingerprint density at radius 2 is 1.45 bits per heavy atom. The summed E-state index contributed by atoms with van der Waals surface area (Å²) in [6, 6.07) is 13.9. The third-order valence-electron chi connectivity index (χ3n) is 5.76.